The van der Waals surface area contributed by atoms with E-state index in [0.717, 1.165) is 29.5 Å². The average molecular weight is 403 g/mol. The Labute approximate surface area is 175 Å². The van der Waals surface area contributed by atoms with Crippen LogP contribution in [0.1, 0.15) is 29.6 Å². The summed E-state index contributed by atoms with van der Waals surface area (Å²) in [6.07, 6.45) is 4.28. The van der Waals surface area contributed by atoms with Gasteiger partial charge in [0.1, 0.15) is 11.3 Å². The van der Waals surface area contributed by atoms with Gasteiger partial charge in [-0.1, -0.05) is 30.3 Å². The maximum absolute atomic E-state index is 12.7. The SMILES string of the molecule is CN(C(=O)C1CC1)c1ccccc1C(=O)NCCCOc1cccc2cccnc12. The number of aromatic nitrogens is 1. The molecule has 1 aliphatic rings. The number of anilines is 1. The molecule has 0 bridgehead atoms. The van der Waals surface area contributed by atoms with Gasteiger partial charge in [-0.15, -0.1) is 0 Å². The second kappa shape index (κ2) is 8.95. The van der Waals surface area contributed by atoms with Crippen molar-refractivity contribution in [1.29, 1.82) is 0 Å². The van der Waals surface area contributed by atoms with E-state index in [-0.39, 0.29) is 17.7 Å². The van der Waals surface area contributed by atoms with Crippen molar-refractivity contribution in [2.75, 3.05) is 25.1 Å². The van der Waals surface area contributed by atoms with Crippen molar-refractivity contribution in [2.45, 2.75) is 19.3 Å². The summed E-state index contributed by atoms with van der Waals surface area (Å²) in [5.74, 6) is 0.733. The van der Waals surface area contributed by atoms with Crippen LogP contribution in [0.5, 0.6) is 5.75 Å². The predicted molar refractivity (Wildman–Crippen MR) is 117 cm³/mol. The van der Waals surface area contributed by atoms with Crippen molar-refractivity contribution in [3.05, 3.63) is 66.4 Å². The first-order chi connectivity index (χ1) is 14.6. The first kappa shape index (κ1) is 19.9. The summed E-state index contributed by atoms with van der Waals surface area (Å²) in [6, 6.07) is 16.9. The first-order valence-corrected chi connectivity index (χ1v) is 10.3. The lowest BCUT2D eigenvalue weighted by Crippen LogP contribution is -2.32. The second-order valence-corrected chi connectivity index (χ2v) is 7.48. The molecule has 0 unspecified atom stereocenters. The first-order valence-electron chi connectivity index (χ1n) is 10.3. The Morgan fingerprint density at radius 2 is 1.90 bits per heavy atom. The van der Waals surface area contributed by atoms with Crippen molar-refractivity contribution in [2.24, 2.45) is 5.92 Å². The Kier molecular flexibility index (Phi) is 5.93. The van der Waals surface area contributed by atoms with Gasteiger partial charge in [-0.3, -0.25) is 14.6 Å². The minimum atomic E-state index is -0.187. The average Bonchev–Trinajstić information content (AvgIpc) is 3.63. The topological polar surface area (TPSA) is 71.5 Å². The van der Waals surface area contributed by atoms with Gasteiger partial charge in [0.25, 0.3) is 5.91 Å². The summed E-state index contributed by atoms with van der Waals surface area (Å²) in [5.41, 5.74) is 1.99. The van der Waals surface area contributed by atoms with Crippen LogP contribution in [0.3, 0.4) is 0 Å². The molecule has 1 N–H and O–H groups in total. The lowest BCUT2D eigenvalue weighted by molar-refractivity contribution is -0.119. The van der Waals surface area contributed by atoms with Gasteiger partial charge in [0.15, 0.2) is 0 Å². The van der Waals surface area contributed by atoms with Crippen LogP contribution in [0.15, 0.2) is 60.8 Å². The standard InChI is InChI=1S/C24H25N3O3/c1-27(24(29)18-12-13-18)20-10-3-2-9-19(20)23(28)26-15-6-16-30-21-11-4-7-17-8-5-14-25-22(17)21/h2-5,7-11,14,18H,6,12-13,15-16H2,1H3,(H,26,28). The normalized spacial score (nSPS) is 13.1. The number of pyridine rings is 1. The van der Waals surface area contributed by atoms with Crippen LogP contribution in [0, 0.1) is 5.92 Å². The van der Waals surface area contributed by atoms with Gasteiger partial charge in [0.2, 0.25) is 5.91 Å². The Morgan fingerprint density at radius 3 is 2.73 bits per heavy atom. The number of para-hydroxylation sites is 2. The van der Waals surface area contributed by atoms with Crippen LogP contribution < -0.4 is 15.0 Å². The fraction of sp³-hybridized carbons (Fsp3) is 0.292. The van der Waals surface area contributed by atoms with Crippen molar-refractivity contribution in [1.82, 2.24) is 10.3 Å². The number of rotatable bonds is 8. The highest BCUT2D eigenvalue weighted by Gasteiger charge is 2.33. The molecule has 4 rings (SSSR count). The fourth-order valence-corrected chi connectivity index (χ4v) is 3.43. The number of fused-ring (bicyclic) bond motifs is 1. The molecule has 1 aliphatic carbocycles. The highest BCUT2D eigenvalue weighted by molar-refractivity contribution is 6.05. The third-order valence-electron chi connectivity index (χ3n) is 5.23. The summed E-state index contributed by atoms with van der Waals surface area (Å²) >= 11 is 0. The molecule has 0 spiro atoms. The number of nitrogens with one attached hydrogen (secondary N) is 1. The van der Waals surface area contributed by atoms with E-state index in [1.54, 1.807) is 24.2 Å². The van der Waals surface area contributed by atoms with Gasteiger partial charge in [0.05, 0.1) is 17.9 Å². The number of hydrogen-bond donors (Lipinski definition) is 1. The number of carbonyl (C=O) groups excluding carboxylic acids is 2. The molecule has 154 valence electrons. The second-order valence-electron chi connectivity index (χ2n) is 7.48. The molecule has 6 heteroatoms. The number of hydrogen-bond acceptors (Lipinski definition) is 4. The molecule has 6 nitrogen and oxygen atoms in total. The van der Waals surface area contributed by atoms with E-state index in [4.69, 9.17) is 4.74 Å². The Bertz CT molecular complexity index is 1060. The van der Waals surface area contributed by atoms with Gasteiger partial charge in [-0.2, -0.15) is 0 Å². The van der Waals surface area contributed by atoms with Gasteiger partial charge in [-0.05, 0) is 43.5 Å². The number of nitrogens with zero attached hydrogens (tertiary/aromatic N) is 2. The van der Waals surface area contributed by atoms with E-state index in [9.17, 15) is 9.59 Å². The van der Waals surface area contributed by atoms with Crippen LogP contribution in [0.4, 0.5) is 5.69 Å². The fourth-order valence-electron chi connectivity index (χ4n) is 3.43. The smallest absolute Gasteiger partial charge is 0.253 e. The monoisotopic (exact) mass is 403 g/mol. The lowest BCUT2D eigenvalue weighted by atomic mass is 10.1. The molecule has 3 aromatic rings. The van der Waals surface area contributed by atoms with Crippen molar-refractivity contribution < 1.29 is 14.3 Å². The Balaban J connectivity index is 1.30. The zero-order valence-corrected chi connectivity index (χ0v) is 17.0. The van der Waals surface area contributed by atoms with Gasteiger partial charge in [0, 0.05) is 31.1 Å². The van der Waals surface area contributed by atoms with Crippen LogP contribution in [-0.4, -0.2) is 37.0 Å². The van der Waals surface area contributed by atoms with Crippen molar-refractivity contribution in [3.8, 4) is 5.75 Å². The van der Waals surface area contributed by atoms with Crippen LogP contribution in [-0.2, 0) is 4.79 Å². The molecule has 0 atom stereocenters. The zero-order chi connectivity index (χ0) is 20.9. The summed E-state index contributed by atoms with van der Waals surface area (Å²) in [6.45, 7) is 0.948. The lowest BCUT2D eigenvalue weighted by Gasteiger charge is -2.20. The van der Waals surface area contributed by atoms with Crippen LogP contribution in [0.25, 0.3) is 10.9 Å². The molecule has 0 radical (unpaired) electrons. The van der Waals surface area contributed by atoms with Crippen molar-refractivity contribution >= 4 is 28.4 Å². The molecule has 1 aromatic heterocycles. The van der Waals surface area contributed by atoms with E-state index >= 15 is 0 Å². The van der Waals surface area contributed by atoms with E-state index < -0.39 is 0 Å². The quantitative estimate of drug-likeness (QED) is 0.581. The number of ether oxygens (including phenoxy) is 1. The van der Waals surface area contributed by atoms with Crippen molar-refractivity contribution in [3.63, 3.8) is 0 Å². The molecule has 0 aliphatic heterocycles. The number of carbonyl (C=O) groups is 2. The highest BCUT2D eigenvalue weighted by atomic mass is 16.5. The molecule has 2 aromatic carbocycles. The molecule has 0 saturated heterocycles. The minimum Gasteiger partial charge on any atom is -0.491 e. The molecule has 1 saturated carbocycles. The minimum absolute atomic E-state index is 0.0762. The molecule has 30 heavy (non-hydrogen) atoms. The summed E-state index contributed by atoms with van der Waals surface area (Å²) < 4.78 is 5.87. The largest absolute Gasteiger partial charge is 0.491 e. The molecular formula is C24H25N3O3. The van der Waals surface area contributed by atoms with Gasteiger partial charge in [-0.25, -0.2) is 0 Å². The van der Waals surface area contributed by atoms with Gasteiger partial charge >= 0.3 is 0 Å². The highest BCUT2D eigenvalue weighted by Crippen LogP contribution is 2.33. The molecule has 1 heterocycles. The Morgan fingerprint density at radius 1 is 1.10 bits per heavy atom. The van der Waals surface area contributed by atoms with E-state index in [2.05, 4.69) is 10.3 Å². The summed E-state index contributed by atoms with van der Waals surface area (Å²) in [5, 5.41) is 3.96. The Hall–Kier alpha value is -3.41. The number of amides is 2. The van der Waals surface area contributed by atoms with Crippen LogP contribution >= 0.6 is 0 Å². The predicted octanol–water partition coefficient (Wildman–Crippen LogP) is 3.81. The summed E-state index contributed by atoms with van der Waals surface area (Å²) in [4.78, 5) is 31.0. The van der Waals surface area contributed by atoms with E-state index in [1.807, 2.05) is 48.5 Å². The number of benzene rings is 2. The summed E-state index contributed by atoms with van der Waals surface area (Å²) in [7, 11) is 1.73. The maximum Gasteiger partial charge on any atom is 0.253 e. The van der Waals surface area contributed by atoms with E-state index in [1.165, 1.54) is 0 Å². The van der Waals surface area contributed by atoms with Gasteiger partial charge < -0.3 is 15.0 Å². The third-order valence-corrected chi connectivity index (χ3v) is 5.23. The van der Waals surface area contributed by atoms with Crippen LogP contribution in [0.2, 0.25) is 0 Å². The molecular weight excluding hydrogens is 378 g/mol. The molecule has 2 amide bonds. The maximum atomic E-state index is 12.7. The third kappa shape index (κ3) is 4.43. The van der Waals surface area contributed by atoms with E-state index in [0.29, 0.717) is 30.8 Å². The zero-order valence-electron chi connectivity index (χ0n) is 17.0. The molecule has 1 fully saturated rings.